The average molecular weight is 478 g/mol. The molecule has 9 N–H and O–H groups in total. The number of carboxylic acid groups (broad SMARTS) is 2. The number of nitrogens with one attached hydrogen (secondary N) is 5. The number of aromatic amines is 2. The Morgan fingerprint density at radius 1 is 0.882 bits per heavy atom. The van der Waals surface area contributed by atoms with Gasteiger partial charge in [-0.3, -0.25) is 19.2 Å². The first-order chi connectivity index (χ1) is 16.1. The lowest BCUT2D eigenvalue weighted by Crippen LogP contribution is -2.57. The highest BCUT2D eigenvalue weighted by Crippen LogP contribution is 2.03. The number of aromatic nitrogens is 4. The van der Waals surface area contributed by atoms with Crippen molar-refractivity contribution in [3.05, 3.63) is 36.4 Å². The van der Waals surface area contributed by atoms with Crippen LogP contribution in [-0.4, -0.2) is 84.0 Å². The second kappa shape index (κ2) is 12.1. The number of H-pyrrole nitrogens is 2. The van der Waals surface area contributed by atoms with Crippen LogP contribution in [0.15, 0.2) is 25.0 Å². The third kappa shape index (κ3) is 8.01. The number of carbonyl (C=O) groups excluding carboxylic acids is 3. The number of carbonyl (C=O) groups is 5. The van der Waals surface area contributed by atoms with Gasteiger partial charge in [0, 0.05) is 36.6 Å². The van der Waals surface area contributed by atoms with Gasteiger partial charge in [-0.15, -0.1) is 0 Å². The second-order valence-corrected chi connectivity index (χ2v) is 7.46. The third-order valence-electron chi connectivity index (χ3n) is 4.69. The summed E-state index contributed by atoms with van der Waals surface area (Å²) in [5, 5.41) is 25.0. The van der Waals surface area contributed by atoms with Crippen LogP contribution in [0, 0.1) is 0 Å². The second-order valence-electron chi connectivity index (χ2n) is 7.46. The van der Waals surface area contributed by atoms with Crippen molar-refractivity contribution in [2.75, 3.05) is 0 Å². The summed E-state index contributed by atoms with van der Waals surface area (Å²) in [5.74, 6) is -5.25. The maximum absolute atomic E-state index is 12.7. The monoisotopic (exact) mass is 478 g/mol. The Hall–Kier alpha value is -4.27. The molecule has 184 valence electrons. The lowest BCUT2D eigenvalue weighted by Gasteiger charge is -2.23. The fourth-order valence-corrected chi connectivity index (χ4v) is 2.88. The fourth-order valence-electron chi connectivity index (χ4n) is 2.88. The van der Waals surface area contributed by atoms with Crippen molar-refractivity contribution in [2.24, 2.45) is 5.73 Å². The molecular weight excluding hydrogens is 452 g/mol. The molecule has 0 aliphatic carbocycles. The van der Waals surface area contributed by atoms with Crippen LogP contribution >= 0.6 is 0 Å². The molecule has 0 spiro atoms. The van der Waals surface area contributed by atoms with Crippen LogP contribution in [0.25, 0.3) is 0 Å². The number of hydrogen-bond donors (Lipinski definition) is 8. The molecular formula is C19H26N8O7. The van der Waals surface area contributed by atoms with Crippen molar-refractivity contribution in [1.29, 1.82) is 0 Å². The molecule has 15 nitrogen and oxygen atoms in total. The van der Waals surface area contributed by atoms with Crippen molar-refractivity contribution in [3.63, 3.8) is 0 Å². The normalized spacial score (nSPS) is 14.3. The zero-order chi connectivity index (χ0) is 25.3. The Labute approximate surface area is 192 Å². The van der Waals surface area contributed by atoms with E-state index < -0.39 is 60.2 Å². The van der Waals surface area contributed by atoms with Crippen LogP contribution < -0.4 is 21.7 Å². The average Bonchev–Trinajstić information content (AvgIpc) is 3.46. The third-order valence-corrected chi connectivity index (χ3v) is 4.69. The quantitative estimate of drug-likeness (QED) is 0.148. The minimum atomic E-state index is -1.70. The predicted molar refractivity (Wildman–Crippen MR) is 114 cm³/mol. The van der Waals surface area contributed by atoms with Crippen molar-refractivity contribution < 1.29 is 34.2 Å². The van der Waals surface area contributed by atoms with E-state index in [1.165, 1.54) is 32.0 Å². The van der Waals surface area contributed by atoms with Crippen molar-refractivity contribution in [2.45, 2.75) is 50.4 Å². The highest BCUT2D eigenvalue weighted by atomic mass is 16.4. The largest absolute Gasteiger partial charge is 0.481 e. The molecule has 0 bridgehead atoms. The SMILES string of the molecule is CC(NC(=O)C(N)Cc1cnc[nH]1)C(=O)NC(Cc1cnc[nH]1)C(=O)NC(CC(=O)O)C(=O)O. The molecule has 2 aromatic rings. The van der Waals surface area contributed by atoms with Crippen LogP contribution in [0.4, 0.5) is 0 Å². The van der Waals surface area contributed by atoms with Crippen molar-refractivity contribution in [3.8, 4) is 0 Å². The Kier molecular flexibility index (Phi) is 9.25. The molecule has 0 saturated heterocycles. The first kappa shape index (κ1) is 26.0. The molecule has 4 unspecified atom stereocenters. The maximum Gasteiger partial charge on any atom is 0.326 e. The molecule has 2 aromatic heterocycles. The van der Waals surface area contributed by atoms with Gasteiger partial charge in [0.05, 0.1) is 25.1 Å². The fraction of sp³-hybridized carbons (Fsp3) is 0.421. The molecule has 0 saturated carbocycles. The summed E-state index contributed by atoms with van der Waals surface area (Å²) in [6.07, 6.45) is 4.90. The number of aliphatic carboxylic acids is 2. The van der Waals surface area contributed by atoms with E-state index in [0.29, 0.717) is 11.4 Å². The zero-order valence-corrected chi connectivity index (χ0v) is 18.1. The van der Waals surface area contributed by atoms with Crippen molar-refractivity contribution in [1.82, 2.24) is 35.9 Å². The summed E-state index contributed by atoms with van der Waals surface area (Å²) in [5.41, 5.74) is 6.93. The number of amides is 3. The van der Waals surface area contributed by atoms with Crippen LogP contribution in [0.5, 0.6) is 0 Å². The van der Waals surface area contributed by atoms with Gasteiger partial charge in [0.25, 0.3) is 0 Å². The lowest BCUT2D eigenvalue weighted by molar-refractivity contribution is -0.147. The van der Waals surface area contributed by atoms with E-state index in [-0.39, 0.29) is 12.8 Å². The van der Waals surface area contributed by atoms with Crippen LogP contribution in [0.3, 0.4) is 0 Å². The van der Waals surface area contributed by atoms with Gasteiger partial charge in [0.1, 0.15) is 18.1 Å². The molecule has 0 aromatic carbocycles. The van der Waals surface area contributed by atoms with Gasteiger partial charge < -0.3 is 41.9 Å². The van der Waals surface area contributed by atoms with E-state index in [1.807, 2.05) is 0 Å². The van der Waals surface area contributed by atoms with E-state index in [0.717, 1.165) is 0 Å². The van der Waals surface area contributed by atoms with Gasteiger partial charge in [0.2, 0.25) is 17.7 Å². The van der Waals surface area contributed by atoms with E-state index in [1.54, 1.807) is 0 Å². The standard InChI is InChI=1S/C19H26N8O7/c1-9(25-17(31)12(20)2-10-5-21-7-23-10)16(30)26-13(3-11-6-22-8-24-11)18(32)27-14(19(33)34)4-15(28)29/h5-9,12-14H,2-4,20H2,1H3,(H,21,23)(H,22,24)(H,25,31)(H,26,30)(H,27,32)(H,28,29)(H,33,34). The number of nitrogens with zero attached hydrogens (tertiary/aromatic N) is 2. The van der Waals surface area contributed by atoms with Crippen molar-refractivity contribution >= 4 is 29.7 Å². The summed E-state index contributed by atoms with van der Waals surface area (Å²) in [6, 6.07) is -5.05. The van der Waals surface area contributed by atoms with Crippen LogP contribution in [0.1, 0.15) is 24.7 Å². The Balaban J connectivity index is 2.03. The maximum atomic E-state index is 12.7. The minimum absolute atomic E-state index is 0.100. The highest BCUT2D eigenvalue weighted by molar-refractivity contribution is 5.94. The number of imidazole rings is 2. The Morgan fingerprint density at radius 3 is 1.94 bits per heavy atom. The molecule has 2 rings (SSSR count). The van der Waals surface area contributed by atoms with Crippen LogP contribution in [-0.2, 0) is 36.8 Å². The molecule has 0 radical (unpaired) electrons. The van der Waals surface area contributed by atoms with Gasteiger partial charge in [-0.1, -0.05) is 0 Å². The van der Waals surface area contributed by atoms with Gasteiger partial charge in [-0.2, -0.15) is 0 Å². The Morgan fingerprint density at radius 2 is 1.44 bits per heavy atom. The summed E-state index contributed by atoms with van der Waals surface area (Å²) >= 11 is 0. The molecule has 0 aliphatic heterocycles. The van der Waals surface area contributed by atoms with Gasteiger partial charge >= 0.3 is 11.9 Å². The number of nitrogens with two attached hydrogens (primary N) is 1. The molecule has 3 amide bonds. The molecule has 15 heteroatoms. The van der Waals surface area contributed by atoms with Gasteiger partial charge in [-0.25, -0.2) is 14.8 Å². The minimum Gasteiger partial charge on any atom is -0.481 e. The van der Waals surface area contributed by atoms with Gasteiger partial charge in [-0.05, 0) is 6.92 Å². The first-order valence-corrected chi connectivity index (χ1v) is 10.1. The molecule has 34 heavy (non-hydrogen) atoms. The molecule has 2 heterocycles. The molecule has 4 atom stereocenters. The topological polar surface area (TPSA) is 245 Å². The highest BCUT2D eigenvalue weighted by Gasteiger charge is 2.30. The van der Waals surface area contributed by atoms with E-state index in [4.69, 9.17) is 10.8 Å². The lowest BCUT2D eigenvalue weighted by atomic mass is 10.1. The van der Waals surface area contributed by atoms with E-state index in [9.17, 15) is 29.1 Å². The van der Waals surface area contributed by atoms with E-state index >= 15 is 0 Å². The van der Waals surface area contributed by atoms with Crippen LogP contribution in [0.2, 0.25) is 0 Å². The predicted octanol–water partition coefficient (Wildman–Crippen LogP) is -2.72. The van der Waals surface area contributed by atoms with Gasteiger partial charge in [0.15, 0.2) is 0 Å². The molecule has 0 fully saturated rings. The first-order valence-electron chi connectivity index (χ1n) is 10.1. The zero-order valence-electron chi connectivity index (χ0n) is 18.1. The summed E-state index contributed by atoms with van der Waals surface area (Å²) in [7, 11) is 0. The molecule has 0 aliphatic rings. The van der Waals surface area contributed by atoms with E-state index in [2.05, 4.69) is 35.9 Å². The summed E-state index contributed by atoms with van der Waals surface area (Å²) < 4.78 is 0. The Bertz CT molecular complexity index is 992. The number of hydrogen-bond acceptors (Lipinski definition) is 8. The number of rotatable bonds is 13. The summed E-state index contributed by atoms with van der Waals surface area (Å²) in [4.78, 5) is 73.1. The summed E-state index contributed by atoms with van der Waals surface area (Å²) in [6.45, 7) is 1.38. The number of carboxylic acids is 2. The smallest absolute Gasteiger partial charge is 0.326 e.